The number of hydrogen-bond donors (Lipinski definition) is 0. The van der Waals surface area contributed by atoms with E-state index in [-0.39, 0.29) is 21.3 Å². The molecule has 0 atom stereocenters. The summed E-state index contributed by atoms with van der Waals surface area (Å²) in [4.78, 5) is 3.23. The summed E-state index contributed by atoms with van der Waals surface area (Å²) in [6.07, 6.45) is 2.10. The lowest BCUT2D eigenvalue weighted by molar-refractivity contribution is 0.304. The van der Waals surface area contributed by atoms with Gasteiger partial charge in [0.2, 0.25) is 5.69 Å². The summed E-state index contributed by atoms with van der Waals surface area (Å²) in [7, 11) is 0. The molecule has 0 aromatic heterocycles. The molecule has 0 unspecified atom stereocenters. The zero-order valence-electron chi connectivity index (χ0n) is 7.56. The fourth-order valence-electron chi connectivity index (χ4n) is 1.12. The molecule has 0 heterocycles. The van der Waals surface area contributed by atoms with E-state index in [1.54, 1.807) is 0 Å². The summed E-state index contributed by atoms with van der Waals surface area (Å²) >= 11 is 8.66. The molecular weight excluding hydrogens is 284 g/mol. The maximum Gasteiger partial charge on any atom is 0.245 e. The minimum Gasteiger partial charge on any atom is -0.501 e. The van der Waals surface area contributed by atoms with Gasteiger partial charge in [0, 0.05) is 0 Å². The Morgan fingerprint density at radius 3 is 2.80 bits per heavy atom. The van der Waals surface area contributed by atoms with Crippen molar-refractivity contribution in [3.8, 4) is 5.75 Å². The van der Waals surface area contributed by atoms with Crippen LogP contribution >= 0.6 is 27.5 Å². The van der Waals surface area contributed by atoms with Gasteiger partial charge in [-0.15, -0.1) is 0 Å². The molecular formula is C10H6BrClFNO. The third-order valence-corrected chi connectivity index (χ3v) is 3.03. The predicted octanol–water partition coefficient (Wildman–Crippen LogP) is 4.33. The van der Waals surface area contributed by atoms with E-state index in [2.05, 4.69) is 20.8 Å². The number of halogens is 3. The maximum absolute atomic E-state index is 13.3. The van der Waals surface area contributed by atoms with Gasteiger partial charge >= 0.3 is 0 Å². The van der Waals surface area contributed by atoms with Gasteiger partial charge in [0.25, 0.3) is 0 Å². The van der Waals surface area contributed by atoms with Crippen molar-refractivity contribution in [1.82, 2.24) is 0 Å². The monoisotopic (exact) mass is 289 g/mol. The minimum atomic E-state index is -0.620. The van der Waals surface area contributed by atoms with Gasteiger partial charge in [-0.05, 0) is 18.9 Å². The van der Waals surface area contributed by atoms with Crippen molar-refractivity contribution in [2.24, 2.45) is 0 Å². The van der Waals surface area contributed by atoms with Crippen LogP contribution in [0.3, 0.4) is 0 Å². The molecule has 1 aliphatic rings. The molecule has 0 spiro atoms. The normalized spacial score (nSPS) is 14.8. The van der Waals surface area contributed by atoms with Crippen molar-refractivity contribution in [1.29, 1.82) is 0 Å². The first-order valence-corrected chi connectivity index (χ1v) is 5.52. The van der Waals surface area contributed by atoms with Gasteiger partial charge in [0.1, 0.15) is 11.6 Å². The van der Waals surface area contributed by atoms with E-state index in [9.17, 15) is 4.39 Å². The summed E-state index contributed by atoms with van der Waals surface area (Å²) in [5.74, 6) is -0.267. The molecule has 0 N–H and O–H groups in total. The number of nitrogens with zero attached hydrogens (tertiary/aromatic N) is 1. The molecule has 0 bridgehead atoms. The molecule has 0 radical (unpaired) electrons. The summed E-state index contributed by atoms with van der Waals surface area (Å²) in [6, 6.07) is 1.35. The number of ether oxygens (including phenoxy) is 1. The van der Waals surface area contributed by atoms with Gasteiger partial charge < -0.3 is 4.74 Å². The van der Waals surface area contributed by atoms with Crippen molar-refractivity contribution in [3.63, 3.8) is 0 Å². The molecule has 2 rings (SSSR count). The second-order valence-corrected chi connectivity index (χ2v) is 4.46. The quantitative estimate of drug-likeness (QED) is 0.584. The third-order valence-electron chi connectivity index (χ3n) is 2.03. The summed E-state index contributed by atoms with van der Waals surface area (Å²) < 4.78 is 18.9. The van der Waals surface area contributed by atoms with Gasteiger partial charge in [0.15, 0.2) is 0 Å². The average Bonchev–Trinajstić information content (AvgIpc) is 2.99. The molecule has 0 aliphatic heterocycles. The van der Waals surface area contributed by atoms with Crippen LogP contribution in [0.15, 0.2) is 10.5 Å². The maximum atomic E-state index is 13.3. The molecule has 1 aromatic carbocycles. The zero-order valence-corrected chi connectivity index (χ0v) is 9.90. The Bertz CT molecular complexity index is 454. The smallest absolute Gasteiger partial charge is 0.245 e. The zero-order chi connectivity index (χ0) is 11.0. The van der Waals surface area contributed by atoms with Gasteiger partial charge in [-0.25, -0.2) is 9.24 Å². The minimum absolute atomic E-state index is 0.0371. The van der Waals surface area contributed by atoms with Crippen LogP contribution < -0.4 is 4.74 Å². The average molecular weight is 291 g/mol. The van der Waals surface area contributed by atoms with Crippen LogP contribution in [0.4, 0.5) is 10.1 Å². The van der Waals surface area contributed by atoms with Crippen molar-refractivity contribution in [2.75, 3.05) is 0 Å². The highest BCUT2D eigenvalue weighted by Crippen LogP contribution is 2.43. The van der Waals surface area contributed by atoms with Gasteiger partial charge in [0.05, 0.1) is 22.2 Å². The fourth-order valence-corrected chi connectivity index (χ4v) is 1.93. The van der Waals surface area contributed by atoms with E-state index in [4.69, 9.17) is 22.9 Å². The Balaban J connectivity index is 2.47. The first kappa shape index (κ1) is 10.7. The fraction of sp³-hybridized carbons (Fsp3) is 0.300. The second kappa shape index (κ2) is 3.99. The summed E-state index contributed by atoms with van der Waals surface area (Å²) in [5.41, 5.74) is 0.142. The molecule has 15 heavy (non-hydrogen) atoms. The largest absolute Gasteiger partial charge is 0.501 e. The van der Waals surface area contributed by atoms with Crippen LogP contribution in [0.5, 0.6) is 5.75 Å². The number of rotatable bonds is 2. The van der Waals surface area contributed by atoms with Gasteiger partial charge in [-0.3, -0.25) is 0 Å². The molecule has 2 nitrogen and oxygen atoms in total. The molecule has 1 fully saturated rings. The van der Waals surface area contributed by atoms with E-state index in [1.807, 2.05) is 0 Å². The van der Waals surface area contributed by atoms with E-state index in [1.165, 1.54) is 6.07 Å². The van der Waals surface area contributed by atoms with Crippen LogP contribution in [-0.2, 0) is 0 Å². The van der Waals surface area contributed by atoms with Crippen LogP contribution in [0, 0.1) is 12.4 Å². The standard InChI is InChI=1S/C10H6BrClFNO/c1-14-10-7(15-5-2-3-5)4-6(12)9(13)8(10)11/h4-5H,2-3H2. The van der Waals surface area contributed by atoms with Crippen molar-refractivity contribution >= 4 is 33.2 Å². The first-order chi connectivity index (χ1) is 7.13. The Morgan fingerprint density at radius 1 is 1.60 bits per heavy atom. The van der Waals surface area contributed by atoms with Crippen LogP contribution in [0.1, 0.15) is 12.8 Å². The van der Waals surface area contributed by atoms with Gasteiger partial charge in [-0.1, -0.05) is 27.5 Å². The number of hydrogen-bond acceptors (Lipinski definition) is 1. The van der Waals surface area contributed by atoms with Crippen LogP contribution in [-0.4, -0.2) is 6.10 Å². The molecule has 1 aromatic rings. The first-order valence-electron chi connectivity index (χ1n) is 4.35. The lowest BCUT2D eigenvalue weighted by atomic mass is 10.3. The Hall–Kier alpha value is -0.790. The highest BCUT2D eigenvalue weighted by atomic mass is 79.9. The van der Waals surface area contributed by atoms with E-state index in [0.717, 1.165) is 12.8 Å². The number of benzene rings is 1. The lowest BCUT2D eigenvalue weighted by Gasteiger charge is -2.09. The van der Waals surface area contributed by atoms with Crippen molar-refractivity contribution < 1.29 is 9.13 Å². The Labute approximate surface area is 99.9 Å². The van der Waals surface area contributed by atoms with Crippen molar-refractivity contribution in [3.05, 3.63) is 32.8 Å². The van der Waals surface area contributed by atoms with Gasteiger partial charge in [-0.2, -0.15) is 0 Å². The molecule has 5 heteroatoms. The lowest BCUT2D eigenvalue weighted by Crippen LogP contribution is -1.97. The third kappa shape index (κ3) is 2.09. The van der Waals surface area contributed by atoms with E-state index >= 15 is 0 Å². The topological polar surface area (TPSA) is 13.6 Å². The second-order valence-electron chi connectivity index (χ2n) is 3.26. The molecule has 0 amide bonds. The highest BCUT2D eigenvalue weighted by molar-refractivity contribution is 9.10. The molecule has 1 aliphatic carbocycles. The summed E-state index contributed by atoms with van der Waals surface area (Å²) in [6.45, 7) is 6.96. The van der Waals surface area contributed by atoms with Crippen LogP contribution in [0.2, 0.25) is 5.02 Å². The van der Waals surface area contributed by atoms with Crippen molar-refractivity contribution in [2.45, 2.75) is 18.9 Å². The predicted molar refractivity (Wildman–Crippen MR) is 59.0 cm³/mol. The van der Waals surface area contributed by atoms with E-state index in [0.29, 0.717) is 5.75 Å². The van der Waals surface area contributed by atoms with Crippen LogP contribution in [0.25, 0.3) is 4.85 Å². The molecule has 0 saturated heterocycles. The molecule has 78 valence electrons. The Morgan fingerprint density at radius 2 is 2.27 bits per heavy atom. The summed E-state index contributed by atoms with van der Waals surface area (Å²) in [5, 5.41) is -0.0371. The highest BCUT2D eigenvalue weighted by Gasteiger charge is 2.26. The SMILES string of the molecule is [C-]#[N+]c1c(OC2CC2)cc(Cl)c(F)c1Br. The molecule has 1 saturated carbocycles. The van der Waals surface area contributed by atoms with E-state index < -0.39 is 5.82 Å². The Kier molecular flexibility index (Phi) is 2.85.